The van der Waals surface area contributed by atoms with E-state index in [-0.39, 0.29) is 0 Å². The number of fused-ring (bicyclic) bond motifs is 6. The Morgan fingerprint density at radius 1 is 0.477 bits per heavy atom. The Morgan fingerprint density at radius 3 is 2.00 bits per heavy atom. The van der Waals surface area contributed by atoms with Gasteiger partial charge in [-0.2, -0.15) is 0 Å². The zero-order valence-corrected chi connectivity index (χ0v) is 23.5. The van der Waals surface area contributed by atoms with Gasteiger partial charge in [0.2, 0.25) is 5.95 Å². The maximum atomic E-state index is 5.26. The minimum absolute atomic E-state index is 0.641. The molecular formula is C38H24N6. The van der Waals surface area contributed by atoms with Gasteiger partial charge in [-0.1, -0.05) is 78.9 Å². The molecule has 4 heterocycles. The molecule has 5 aromatic carbocycles. The van der Waals surface area contributed by atoms with E-state index in [0.717, 1.165) is 50.0 Å². The first-order valence-corrected chi connectivity index (χ1v) is 14.6. The summed E-state index contributed by atoms with van der Waals surface area (Å²) in [6, 6.07) is 43.9. The predicted molar refractivity (Wildman–Crippen MR) is 177 cm³/mol. The Labute approximate surface area is 252 Å². The summed E-state index contributed by atoms with van der Waals surface area (Å²) in [5, 5.41) is 4.56. The van der Waals surface area contributed by atoms with Gasteiger partial charge in [0.15, 0.2) is 5.82 Å². The van der Waals surface area contributed by atoms with E-state index in [4.69, 9.17) is 9.97 Å². The molecule has 0 amide bonds. The van der Waals surface area contributed by atoms with Crippen LogP contribution in [0.5, 0.6) is 0 Å². The highest BCUT2D eigenvalue weighted by Crippen LogP contribution is 2.38. The van der Waals surface area contributed by atoms with Crippen molar-refractivity contribution >= 4 is 43.6 Å². The van der Waals surface area contributed by atoms with Crippen LogP contribution in [0, 0.1) is 0 Å². The van der Waals surface area contributed by atoms with Crippen LogP contribution in [0.3, 0.4) is 0 Å². The largest absolute Gasteiger partial charge is 0.317 e. The first-order chi connectivity index (χ1) is 21.8. The molecule has 0 aliphatic rings. The molecule has 0 bridgehead atoms. The minimum Gasteiger partial charge on any atom is -0.317 e. The average molecular weight is 565 g/mol. The van der Waals surface area contributed by atoms with Crippen molar-refractivity contribution in [3.63, 3.8) is 0 Å². The molecule has 0 atom stereocenters. The van der Waals surface area contributed by atoms with Crippen molar-refractivity contribution in [1.29, 1.82) is 0 Å². The number of benzene rings is 5. The highest BCUT2D eigenvalue weighted by molar-refractivity contribution is 6.21. The van der Waals surface area contributed by atoms with Crippen LogP contribution in [-0.2, 0) is 0 Å². The Bertz CT molecular complexity index is 2480. The van der Waals surface area contributed by atoms with Crippen LogP contribution in [0.15, 0.2) is 146 Å². The van der Waals surface area contributed by atoms with Gasteiger partial charge in [-0.3, -0.25) is 4.57 Å². The highest BCUT2D eigenvalue weighted by atomic mass is 15.2. The SMILES string of the molecule is c1ccc(-n2ccc3c4c5ccccc5n(-c5nc(-c6ccc(-c7ncccn7)cc6)c6ccccc6n5)c4ccc32)cc1. The van der Waals surface area contributed by atoms with Crippen LogP contribution in [0.4, 0.5) is 0 Å². The lowest BCUT2D eigenvalue weighted by Gasteiger charge is -2.12. The van der Waals surface area contributed by atoms with E-state index in [1.807, 2.05) is 24.3 Å². The Hall–Kier alpha value is -6.14. The van der Waals surface area contributed by atoms with Gasteiger partial charge in [-0.15, -0.1) is 0 Å². The van der Waals surface area contributed by atoms with Gasteiger partial charge in [0.25, 0.3) is 0 Å². The van der Waals surface area contributed by atoms with Crippen LogP contribution >= 0.6 is 0 Å². The number of para-hydroxylation sites is 3. The van der Waals surface area contributed by atoms with Crippen LogP contribution < -0.4 is 0 Å². The second kappa shape index (κ2) is 9.71. The first-order valence-electron chi connectivity index (χ1n) is 14.6. The molecule has 9 aromatic rings. The zero-order chi connectivity index (χ0) is 29.0. The quantitative estimate of drug-likeness (QED) is 0.214. The standard InChI is InChI=1S/C38H24N6/c1-2-9-27(10-3-1)43-24-21-30-32(43)19-20-34-35(30)29-12-5-7-14-33(29)44(34)38-41-31-13-6-4-11-28(31)36(42-38)25-15-17-26(18-16-25)37-39-22-8-23-40-37/h1-24H. The normalized spacial score (nSPS) is 11.6. The van der Waals surface area contributed by atoms with Gasteiger partial charge in [-0.25, -0.2) is 19.9 Å². The van der Waals surface area contributed by atoms with E-state index in [1.165, 1.54) is 16.2 Å². The highest BCUT2D eigenvalue weighted by Gasteiger charge is 2.19. The molecule has 206 valence electrons. The second-order valence-corrected chi connectivity index (χ2v) is 10.8. The fourth-order valence-corrected chi connectivity index (χ4v) is 6.32. The number of nitrogens with zero attached hydrogens (tertiary/aromatic N) is 6. The second-order valence-electron chi connectivity index (χ2n) is 10.8. The van der Waals surface area contributed by atoms with Crippen molar-refractivity contribution in [2.45, 2.75) is 0 Å². The summed E-state index contributed by atoms with van der Waals surface area (Å²) in [5.41, 5.74) is 8.18. The van der Waals surface area contributed by atoms with E-state index in [1.54, 1.807) is 12.4 Å². The smallest absolute Gasteiger partial charge is 0.235 e. The molecule has 0 saturated heterocycles. The van der Waals surface area contributed by atoms with E-state index >= 15 is 0 Å². The fourth-order valence-electron chi connectivity index (χ4n) is 6.32. The lowest BCUT2D eigenvalue weighted by molar-refractivity contribution is 1.01. The average Bonchev–Trinajstić information content (AvgIpc) is 3.68. The van der Waals surface area contributed by atoms with Gasteiger partial charge in [0.05, 0.1) is 27.8 Å². The van der Waals surface area contributed by atoms with Crippen molar-refractivity contribution < 1.29 is 0 Å². The Kier molecular flexibility index (Phi) is 5.40. The summed E-state index contributed by atoms with van der Waals surface area (Å²) in [6.07, 6.45) is 5.67. The van der Waals surface area contributed by atoms with Gasteiger partial charge in [0, 0.05) is 56.9 Å². The maximum absolute atomic E-state index is 5.26. The van der Waals surface area contributed by atoms with Crippen molar-refractivity contribution in [1.82, 2.24) is 29.1 Å². The van der Waals surface area contributed by atoms with E-state index < -0.39 is 0 Å². The fraction of sp³-hybridized carbons (Fsp3) is 0. The van der Waals surface area contributed by atoms with Crippen LogP contribution in [0.1, 0.15) is 0 Å². The molecular weight excluding hydrogens is 540 g/mol. The van der Waals surface area contributed by atoms with Gasteiger partial charge >= 0.3 is 0 Å². The maximum Gasteiger partial charge on any atom is 0.235 e. The third-order valence-electron chi connectivity index (χ3n) is 8.31. The Morgan fingerprint density at radius 2 is 1.16 bits per heavy atom. The third-order valence-corrected chi connectivity index (χ3v) is 8.31. The molecule has 0 unspecified atom stereocenters. The van der Waals surface area contributed by atoms with Crippen LogP contribution in [-0.4, -0.2) is 29.1 Å². The van der Waals surface area contributed by atoms with Gasteiger partial charge < -0.3 is 4.57 Å². The molecule has 0 saturated carbocycles. The molecule has 0 fully saturated rings. The molecule has 0 N–H and O–H groups in total. The summed E-state index contributed by atoms with van der Waals surface area (Å²) in [4.78, 5) is 19.2. The van der Waals surface area contributed by atoms with Crippen LogP contribution in [0.25, 0.3) is 77.9 Å². The van der Waals surface area contributed by atoms with Crippen molar-refractivity contribution in [3.8, 4) is 34.3 Å². The molecule has 0 spiro atoms. The molecule has 6 heteroatoms. The van der Waals surface area contributed by atoms with Crippen LogP contribution in [0.2, 0.25) is 0 Å². The number of hydrogen-bond donors (Lipinski definition) is 0. The lowest BCUT2D eigenvalue weighted by atomic mass is 10.0. The molecule has 9 rings (SSSR count). The monoisotopic (exact) mass is 564 g/mol. The van der Waals surface area contributed by atoms with E-state index in [9.17, 15) is 0 Å². The van der Waals surface area contributed by atoms with Crippen molar-refractivity contribution in [3.05, 3.63) is 146 Å². The summed E-state index contributed by atoms with van der Waals surface area (Å²) < 4.78 is 4.45. The molecule has 44 heavy (non-hydrogen) atoms. The summed E-state index contributed by atoms with van der Waals surface area (Å²) in [7, 11) is 0. The van der Waals surface area contributed by atoms with Crippen molar-refractivity contribution in [2.75, 3.05) is 0 Å². The third kappa shape index (κ3) is 3.75. The first kappa shape index (κ1) is 24.5. The topological polar surface area (TPSA) is 61.4 Å². The molecule has 0 radical (unpaired) electrons. The molecule has 0 aliphatic carbocycles. The molecule has 0 aliphatic heterocycles. The van der Waals surface area contributed by atoms with Gasteiger partial charge in [0.1, 0.15) is 0 Å². The number of hydrogen-bond acceptors (Lipinski definition) is 4. The summed E-state index contributed by atoms with van der Waals surface area (Å²) in [5.74, 6) is 1.34. The minimum atomic E-state index is 0.641. The summed E-state index contributed by atoms with van der Waals surface area (Å²) in [6.45, 7) is 0. The Balaban J connectivity index is 1.28. The predicted octanol–water partition coefficient (Wildman–Crippen LogP) is 8.79. The zero-order valence-electron chi connectivity index (χ0n) is 23.5. The van der Waals surface area contributed by atoms with Gasteiger partial charge in [-0.05, 0) is 48.5 Å². The lowest BCUT2D eigenvalue weighted by Crippen LogP contribution is -2.03. The van der Waals surface area contributed by atoms with E-state index in [0.29, 0.717) is 11.8 Å². The number of rotatable bonds is 4. The summed E-state index contributed by atoms with van der Waals surface area (Å²) >= 11 is 0. The number of aromatic nitrogens is 6. The van der Waals surface area contributed by atoms with Crippen molar-refractivity contribution in [2.24, 2.45) is 0 Å². The molecule has 4 aromatic heterocycles. The molecule has 6 nitrogen and oxygen atoms in total. The van der Waals surface area contributed by atoms with E-state index in [2.05, 4.69) is 128 Å².